The van der Waals surface area contributed by atoms with Crippen molar-refractivity contribution in [1.29, 1.82) is 0 Å². The molecule has 3 rings (SSSR count). The van der Waals surface area contributed by atoms with E-state index >= 15 is 0 Å². The van der Waals surface area contributed by atoms with E-state index in [1.807, 2.05) is 31.2 Å². The van der Waals surface area contributed by atoms with Crippen LogP contribution in [0.2, 0.25) is 5.02 Å². The van der Waals surface area contributed by atoms with E-state index in [4.69, 9.17) is 16.3 Å². The number of carbonyl (C=O) groups is 1. The number of anilines is 1. The average Bonchev–Trinajstić information content (AvgIpc) is 3.03. The third-order valence-electron chi connectivity index (χ3n) is 3.48. The van der Waals surface area contributed by atoms with Crippen molar-refractivity contribution in [2.24, 2.45) is 0 Å². The van der Waals surface area contributed by atoms with Gasteiger partial charge in [-0.1, -0.05) is 29.8 Å². The van der Waals surface area contributed by atoms with Crippen molar-refractivity contribution in [2.75, 3.05) is 12.4 Å². The minimum absolute atomic E-state index is 0.0749. The monoisotopic (exact) mass is 357 g/mol. The molecule has 1 N–H and O–H groups in total. The van der Waals surface area contributed by atoms with Crippen LogP contribution in [0.4, 0.5) is 5.69 Å². The summed E-state index contributed by atoms with van der Waals surface area (Å²) in [6.45, 7) is 1.86. The Balaban J connectivity index is 1.72. The summed E-state index contributed by atoms with van der Waals surface area (Å²) in [7, 11) is 1.55. The summed E-state index contributed by atoms with van der Waals surface area (Å²) >= 11 is 6.12. The normalized spacial score (nSPS) is 10.5. The van der Waals surface area contributed by atoms with Crippen LogP contribution in [0.15, 0.2) is 42.5 Å². The third-order valence-corrected chi connectivity index (χ3v) is 3.81. The molecule has 0 aliphatic heterocycles. The van der Waals surface area contributed by atoms with Crippen molar-refractivity contribution >= 4 is 23.2 Å². The van der Waals surface area contributed by atoms with E-state index < -0.39 is 0 Å². The predicted octanol–water partition coefficient (Wildman–Crippen LogP) is 2.95. The number of nitrogens with one attached hydrogen (secondary N) is 1. The van der Waals surface area contributed by atoms with Crippen molar-refractivity contribution in [2.45, 2.75) is 13.5 Å². The third kappa shape index (κ3) is 3.95. The zero-order valence-corrected chi connectivity index (χ0v) is 14.5. The summed E-state index contributed by atoms with van der Waals surface area (Å²) in [5, 5.41) is 15.4. The first-order valence-electron chi connectivity index (χ1n) is 7.54. The van der Waals surface area contributed by atoms with Crippen LogP contribution in [-0.4, -0.2) is 33.2 Å². The number of aromatic nitrogens is 4. The molecule has 0 radical (unpaired) electrons. The number of benzene rings is 2. The minimum Gasteiger partial charge on any atom is -0.495 e. The van der Waals surface area contributed by atoms with Gasteiger partial charge in [-0.15, -0.1) is 10.2 Å². The molecule has 0 saturated heterocycles. The van der Waals surface area contributed by atoms with E-state index in [0.29, 0.717) is 27.8 Å². The molecule has 0 saturated carbocycles. The van der Waals surface area contributed by atoms with E-state index in [1.54, 1.807) is 25.3 Å². The van der Waals surface area contributed by atoms with Crippen LogP contribution >= 0.6 is 11.6 Å². The fraction of sp³-hybridized carbons (Fsp3) is 0.176. The standard InChI is InChI=1S/C17H16ClN5O2/c1-11-7-8-15(25-2)14(9-11)19-16(24)10-23-21-17(20-22-23)12-5-3-4-6-13(12)18/h3-9H,10H2,1-2H3,(H,19,24). The van der Waals surface area contributed by atoms with E-state index in [1.165, 1.54) is 4.80 Å². The number of nitrogens with zero attached hydrogens (tertiary/aromatic N) is 4. The molecule has 128 valence electrons. The molecule has 1 aromatic heterocycles. The van der Waals surface area contributed by atoms with Gasteiger partial charge in [-0.05, 0) is 42.0 Å². The van der Waals surface area contributed by atoms with E-state index in [9.17, 15) is 4.79 Å². The highest BCUT2D eigenvalue weighted by molar-refractivity contribution is 6.33. The molecule has 0 aliphatic carbocycles. The maximum Gasteiger partial charge on any atom is 0.248 e. The fourth-order valence-corrected chi connectivity index (χ4v) is 2.52. The number of methoxy groups -OCH3 is 1. The first-order valence-corrected chi connectivity index (χ1v) is 7.92. The van der Waals surface area contributed by atoms with Crippen LogP contribution in [0.25, 0.3) is 11.4 Å². The number of rotatable bonds is 5. The van der Waals surface area contributed by atoms with Crippen molar-refractivity contribution < 1.29 is 9.53 Å². The first-order chi connectivity index (χ1) is 12.1. The number of hydrogen-bond acceptors (Lipinski definition) is 5. The van der Waals surface area contributed by atoms with Crippen LogP contribution in [-0.2, 0) is 11.3 Å². The van der Waals surface area contributed by atoms with Crippen molar-refractivity contribution in [1.82, 2.24) is 20.2 Å². The molecule has 0 unspecified atom stereocenters. The Labute approximate surface area is 149 Å². The summed E-state index contributed by atoms with van der Waals surface area (Å²) in [5.41, 5.74) is 2.27. The highest BCUT2D eigenvalue weighted by Crippen LogP contribution is 2.25. The molecule has 7 nitrogen and oxygen atoms in total. The SMILES string of the molecule is COc1ccc(C)cc1NC(=O)Cn1nnc(-c2ccccc2Cl)n1. The predicted molar refractivity (Wildman–Crippen MR) is 94.6 cm³/mol. The van der Waals surface area contributed by atoms with Crippen molar-refractivity contribution in [3.05, 3.63) is 53.1 Å². The van der Waals surface area contributed by atoms with Gasteiger partial charge < -0.3 is 10.1 Å². The molecule has 1 amide bonds. The van der Waals surface area contributed by atoms with Gasteiger partial charge in [0.25, 0.3) is 0 Å². The Kier molecular flexibility index (Phi) is 4.95. The molecule has 2 aromatic carbocycles. The number of ether oxygens (including phenoxy) is 1. The number of halogens is 1. The Morgan fingerprint density at radius 1 is 1.28 bits per heavy atom. The molecule has 25 heavy (non-hydrogen) atoms. The fourth-order valence-electron chi connectivity index (χ4n) is 2.30. The Morgan fingerprint density at radius 2 is 2.08 bits per heavy atom. The summed E-state index contributed by atoms with van der Waals surface area (Å²) in [5.74, 6) is 0.667. The van der Waals surface area contributed by atoms with E-state index in [-0.39, 0.29) is 12.5 Å². The molecule has 8 heteroatoms. The number of hydrogen-bond donors (Lipinski definition) is 1. The van der Waals surface area contributed by atoms with Gasteiger partial charge in [-0.2, -0.15) is 4.80 Å². The molecular formula is C17H16ClN5O2. The van der Waals surface area contributed by atoms with Crippen LogP contribution in [0.3, 0.4) is 0 Å². The second-order valence-electron chi connectivity index (χ2n) is 5.38. The topological polar surface area (TPSA) is 81.9 Å². The molecular weight excluding hydrogens is 342 g/mol. The van der Waals surface area contributed by atoms with Gasteiger partial charge in [-0.3, -0.25) is 4.79 Å². The smallest absolute Gasteiger partial charge is 0.248 e. The largest absolute Gasteiger partial charge is 0.495 e. The van der Waals surface area contributed by atoms with Gasteiger partial charge in [-0.25, -0.2) is 0 Å². The summed E-state index contributed by atoms with van der Waals surface area (Å²) in [6, 6.07) is 12.7. The molecule has 0 bridgehead atoms. The summed E-state index contributed by atoms with van der Waals surface area (Å²) < 4.78 is 5.25. The van der Waals surface area contributed by atoms with Gasteiger partial charge in [0, 0.05) is 5.56 Å². The minimum atomic E-state index is -0.285. The van der Waals surface area contributed by atoms with E-state index in [2.05, 4.69) is 20.7 Å². The maximum atomic E-state index is 12.3. The second kappa shape index (κ2) is 7.31. The molecule has 3 aromatic rings. The molecule has 0 spiro atoms. The molecule has 0 fully saturated rings. The molecule has 0 aliphatic rings. The van der Waals surface area contributed by atoms with Crippen LogP contribution in [0.1, 0.15) is 5.56 Å². The lowest BCUT2D eigenvalue weighted by Gasteiger charge is -2.10. The summed E-state index contributed by atoms with van der Waals surface area (Å²) in [6.07, 6.45) is 0. The van der Waals surface area contributed by atoms with Crippen LogP contribution in [0.5, 0.6) is 5.75 Å². The van der Waals surface area contributed by atoms with Gasteiger partial charge in [0.05, 0.1) is 17.8 Å². The zero-order valence-electron chi connectivity index (χ0n) is 13.7. The number of amides is 1. The Hall–Kier alpha value is -2.93. The zero-order chi connectivity index (χ0) is 17.8. The number of carbonyl (C=O) groups excluding carboxylic acids is 1. The maximum absolute atomic E-state index is 12.3. The lowest BCUT2D eigenvalue weighted by atomic mass is 10.2. The highest BCUT2D eigenvalue weighted by atomic mass is 35.5. The quantitative estimate of drug-likeness (QED) is 0.759. The average molecular weight is 358 g/mol. The lowest BCUT2D eigenvalue weighted by Crippen LogP contribution is -2.20. The van der Waals surface area contributed by atoms with Crippen molar-refractivity contribution in [3.8, 4) is 17.1 Å². The van der Waals surface area contributed by atoms with Crippen LogP contribution < -0.4 is 10.1 Å². The highest BCUT2D eigenvalue weighted by Gasteiger charge is 2.13. The van der Waals surface area contributed by atoms with Gasteiger partial charge in [0.2, 0.25) is 11.7 Å². The molecule has 1 heterocycles. The van der Waals surface area contributed by atoms with Gasteiger partial charge >= 0.3 is 0 Å². The van der Waals surface area contributed by atoms with Gasteiger partial charge in [0.1, 0.15) is 12.3 Å². The number of aryl methyl sites for hydroxylation is 1. The van der Waals surface area contributed by atoms with Gasteiger partial charge in [0.15, 0.2) is 0 Å². The van der Waals surface area contributed by atoms with Crippen LogP contribution in [0, 0.1) is 6.92 Å². The molecule has 0 atom stereocenters. The first kappa shape index (κ1) is 16.9. The second-order valence-corrected chi connectivity index (χ2v) is 5.78. The summed E-state index contributed by atoms with van der Waals surface area (Å²) in [4.78, 5) is 13.5. The Morgan fingerprint density at radius 3 is 2.84 bits per heavy atom. The Bertz CT molecular complexity index is 910. The lowest BCUT2D eigenvalue weighted by molar-refractivity contribution is -0.117. The number of tetrazole rings is 1. The van der Waals surface area contributed by atoms with E-state index in [0.717, 1.165) is 5.56 Å². The van der Waals surface area contributed by atoms with Crippen molar-refractivity contribution in [3.63, 3.8) is 0 Å².